The molecule has 1 atom stereocenters. The number of carbonyl (C=O) groups excluding carboxylic acids is 1. The first-order chi connectivity index (χ1) is 15.2. The van der Waals surface area contributed by atoms with Gasteiger partial charge in [-0.05, 0) is 54.4 Å². The molecule has 3 aromatic rings. The largest absolute Gasteiger partial charge is 0.502 e. The monoisotopic (exact) mass is 471 g/mol. The van der Waals surface area contributed by atoms with Crippen LogP contribution in [0.15, 0.2) is 88.4 Å². The third kappa shape index (κ3) is 4.01. The normalized spacial score (nSPS) is 16.7. The molecule has 8 heteroatoms. The highest BCUT2D eigenvalue weighted by Gasteiger charge is 2.46. The van der Waals surface area contributed by atoms with Crippen LogP contribution in [-0.4, -0.2) is 24.3 Å². The number of aliphatic hydroxyl groups excluding tert-OH is 1. The van der Waals surface area contributed by atoms with Crippen molar-refractivity contribution in [2.45, 2.75) is 24.4 Å². The number of halogens is 2. The summed E-state index contributed by atoms with van der Waals surface area (Å²) in [5.41, 5.74) is 1.92. The van der Waals surface area contributed by atoms with Crippen LogP contribution >= 0.6 is 11.6 Å². The van der Waals surface area contributed by atoms with Crippen molar-refractivity contribution in [3.05, 3.63) is 111 Å². The smallest absolute Gasteiger partial charge is 0.290 e. The second-order valence-electron chi connectivity index (χ2n) is 7.54. The molecule has 0 aromatic heterocycles. The highest BCUT2D eigenvalue weighted by atomic mass is 35.5. The van der Waals surface area contributed by atoms with Gasteiger partial charge < -0.3 is 10.0 Å². The third-order valence-corrected chi connectivity index (χ3v) is 7.47. The van der Waals surface area contributed by atoms with E-state index in [4.69, 9.17) is 11.6 Å². The minimum atomic E-state index is -4.22. The second-order valence-corrected chi connectivity index (χ2v) is 9.90. The summed E-state index contributed by atoms with van der Waals surface area (Å²) in [4.78, 5) is 13.8. The van der Waals surface area contributed by atoms with Crippen LogP contribution in [0.25, 0.3) is 0 Å². The van der Waals surface area contributed by atoms with Gasteiger partial charge in [0, 0.05) is 11.6 Å². The Balaban J connectivity index is 1.84. The van der Waals surface area contributed by atoms with Crippen LogP contribution in [0.4, 0.5) is 4.39 Å². The molecule has 0 bridgehead atoms. The summed E-state index contributed by atoms with van der Waals surface area (Å²) in [5, 5.41) is 11.2. The maximum Gasteiger partial charge on any atom is 0.290 e. The van der Waals surface area contributed by atoms with Gasteiger partial charge in [-0.2, -0.15) is 0 Å². The molecular weight excluding hydrogens is 453 g/mol. The molecule has 1 aliphatic heterocycles. The molecule has 4 rings (SSSR count). The van der Waals surface area contributed by atoms with Crippen LogP contribution in [0.3, 0.4) is 0 Å². The minimum absolute atomic E-state index is 0.0228. The summed E-state index contributed by atoms with van der Waals surface area (Å²) >= 11 is 5.94. The molecule has 0 saturated carbocycles. The van der Waals surface area contributed by atoms with Crippen molar-refractivity contribution in [1.82, 2.24) is 4.90 Å². The predicted octanol–water partition coefficient (Wildman–Crippen LogP) is 5.11. The Kier molecular flexibility index (Phi) is 5.79. The number of hydrogen-bond donors (Lipinski definition) is 1. The Bertz CT molecular complexity index is 1300. The van der Waals surface area contributed by atoms with Gasteiger partial charge in [0.05, 0.1) is 10.9 Å². The fraction of sp³-hybridized carbons (Fsp3) is 0.125. The number of carbonyl (C=O) groups is 1. The molecule has 0 radical (unpaired) electrons. The zero-order valence-corrected chi connectivity index (χ0v) is 18.6. The number of nitrogens with zero attached hydrogens (tertiary/aromatic N) is 1. The second kappa shape index (κ2) is 8.41. The van der Waals surface area contributed by atoms with E-state index in [0.717, 1.165) is 5.56 Å². The average Bonchev–Trinajstić information content (AvgIpc) is 3.01. The topological polar surface area (TPSA) is 74.7 Å². The van der Waals surface area contributed by atoms with E-state index in [9.17, 15) is 22.7 Å². The maximum atomic E-state index is 13.6. The zero-order chi connectivity index (χ0) is 23.0. The standard InChI is InChI=1S/C24H19ClFNO4S/c1-15-2-12-20(13-3-15)32(30,31)23-21(17-6-10-19(26)11-7-17)27(24(29)22(23)28)14-16-4-8-18(25)9-5-16/h2-13,21,28H,14H2,1H3. The summed E-state index contributed by atoms with van der Waals surface area (Å²) < 4.78 is 40.6. The fourth-order valence-electron chi connectivity index (χ4n) is 3.67. The predicted molar refractivity (Wildman–Crippen MR) is 119 cm³/mol. The number of amides is 1. The van der Waals surface area contributed by atoms with Crippen molar-refractivity contribution in [3.63, 3.8) is 0 Å². The first-order valence-corrected chi connectivity index (χ1v) is 11.6. The van der Waals surface area contributed by atoms with Gasteiger partial charge in [-0.25, -0.2) is 12.8 Å². The molecule has 1 N–H and O–H groups in total. The lowest BCUT2D eigenvalue weighted by Gasteiger charge is -2.27. The van der Waals surface area contributed by atoms with E-state index in [2.05, 4.69) is 0 Å². The van der Waals surface area contributed by atoms with Crippen molar-refractivity contribution in [1.29, 1.82) is 0 Å². The summed E-state index contributed by atoms with van der Waals surface area (Å²) in [6, 6.07) is 16.9. The van der Waals surface area contributed by atoms with Crippen LogP contribution < -0.4 is 0 Å². The Morgan fingerprint density at radius 1 is 0.969 bits per heavy atom. The number of aliphatic hydroxyl groups is 1. The van der Waals surface area contributed by atoms with E-state index >= 15 is 0 Å². The van der Waals surface area contributed by atoms with E-state index in [1.807, 2.05) is 6.92 Å². The number of rotatable bonds is 5. The summed E-state index contributed by atoms with van der Waals surface area (Å²) in [5.74, 6) is -2.16. The summed E-state index contributed by atoms with van der Waals surface area (Å²) in [6.45, 7) is 1.84. The number of benzene rings is 3. The van der Waals surface area contributed by atoms with Crippen LogP contribution in [0.1, 0.15) is 22.7 Å². The molecule has 0 spiro atoms. The Morgan fingerprint density at radius 2 is 1.56 bits per heavy atom. The van der Waals surface area contributed by atoms with Crippen LogP contribution in [-0.2, 0) is 21.2 Å². The van der Waals surface area contributed by atoms with Crippen molar-refractivity contribution in [3.8, 4) is 0 Å². The molecule has 3 aromatic carbocycles. The lowest BCUT2D eigenvalue weighted by Crippen LogP contribution is -2.30. The van der Waals surface area contributed by atoms with E-state index < -0.39 is 38.3 Å². The van der Waals surface area contributed by atoms with Crippen molar-refractivity contribution in [2.75, 3.05) is 0 Å². The van der Waals surface area contributed by atoms with Gasteiger partial charge in [-0.3, -0.25) is 4.79 Å². The zero-order valence-electron chi connectivity index (χ0n) is 17.0. The molecule has 32 heavy (non-hydrogen) atoms. The molecule has 5 nitrogen and oxygen atoms in total. The molecule has 1 heterocycles. The Morgan fingerprint density at radius 3 is 2.16 bits per heavy atom. The highest BCUT2D eigenvalue weighted by molar-refractivity contribution is 7.95. The van der Waals surface area contributed by atoms with Gasteiger partial charge in [-0.1, -0.05) is 53.6 Å². The molecule has 0 fully saturated rings. The van der Waals surface area contributed by atoms with Crippen molar-refractivity contribution < 1.29 is 22.7 Å². The average molecular weight is 472 g/mol. The number of hydrogen-bond acceptors (Lipinski definition) is 4. The molecule has 0 saturated heterocycles. The fourth-order valence-corrected chi connectivity index (χ4v) is 5.45. The summed E-state index contributed by atoms with van der Waals surface area (Å²) in [6.07, 6.45) is 0. The molecule has 0 aliphatic carbocycles. The lowest BCUT2D eigenvalue weighted by atomic mass is 10.1. The van der Waals surface area contributed by atoms with Gasteiger partial charge in [-0.15, -0.1) is 0 Å². The van der Waals surface area contributed by atoms with Gasteiger partial charge in [0.25, 0.3) is 5.91 Å². The van der Waals surface area contributed by atoms with Gasteiger partial charge in [0.2, 0.25) is 9.84 Å². The van der Waals surface area contributed by atoms with E-state index in [1.165, 1.54) is 41.3 Å². The maximum absolute atomic E-state index is 13.6. The Labute approximate surface area is 190 Å². The van der Waals surface area contributed by atoms with Crippen LogP contribution in [0, 0.1) is 12.7 Å². The van der Waals surface area contributed by atoms with E-state index in [-0.39, 0.29) is 11.4 Å². The van der Waals surface area contributed by atoms with Gasteiger partial charge in [0.15, 0.2) is 5.76 Å². The number of aryl methyl sites for hydroxylation is 1. The van der Waals surface area contributed by atoms with Crippen molar-refractivity contribution >= 4 is 27.3 Å². The molecule has 1 aliphatic rings. The lowest BCUT2D eigenvalue weighted by molar-refractivity contribution is -0.130. The number of sulfone groups is 1. The van der Waals surface area contributed by atoms with Crippen molar-refractivity contribution in [2.24, 2.45) is 0 Å². The quantitative estimate of drug-likeness (QED) is 0.560. The Hall–Kier alpha value is -3.16. The molecule has 1 amide bonds. The van der Waals surface area contributed by atoms with Crippen LogP contribution in [0.2, 0.25) is 5.02 Å². The summed E-state index contributed by atoms with van der Waals surface area (Å²) in [7, 11) is -4.22. The first kappa shape index (κ1) is 22.0. The third-order valence-electron chi connectivity index (χ3n) is 5.33. The van der Waals surface area contributed by atoms with E-state index in [1.54, 1.807) is 36.4 Å². The van der Waals surface area contributed by atoms with Gasteiger partial charge >= 0.3 is 0 Å². The molecule has 1 unspecified atom stereocenters. The first-order valence-electron chi connectivity index (χ1n) is 9.74. The van der Waals surface area contributed by atoms with Gasteiger partial charge in [0.1, 0.15) is 10.7 Å². The SMILES string of the molecule is Cc1ccc(S(=O)(=O)C2=C(O)C(=O)N(Cc3ccc(Cl)cc3)C2c2ccc(F)cc2)cc1. The van der Waals surface area contributed by atoms with E-state index in [0.29, 0.717) is 16.1 Å². The molecular formula is C24H19ClFNO4S. The highest BCUT2D eigenvalue weighted by Crippen LogP contribution is 2.43. The minimum Gasteiger partial charge on any atom is -0.502 e. The van der Waals surface area contributed by atoms with Crippen LogP contribution in [0.5, 0.6) is 0 Å². The molecule has 164 valence electrons.